The molecule has 2 rings (SSSR count). The molecule has 1 saturated heterocycles. The standard InChI is InChI=1S/C18H29FN2/c1-4-14(2)18-13-21(11-5-10-20-18)15(3)12-16-6-8-17(19)9-7-16/h6-9,14-15,18,20H,4-5,10-13H2,1-3H3. The van der Waals surface area contributed by atoms with Crippen molar-refractivity contribution in [2.45, 2.75) is 52.1 Å². The van der Waals surface area contributed by atoms with Crippen molar-refractivity contribution < 1.29 is 4.39 Å². The Labute approximate surface area is 128 Å². The van der Waals surface area contributed by atoms with E-state index < -0.39 is 0 Å². The second kappa shape index (κ2) is 7.90. The van der Waals surface area contributed by atoms with Gasteiger partial charge in [-0.2, -0.15) is 0 Å². The van der Waals surface area contributed by atoms with Gasteiger partial charge in [0, 0.05) is 18.6 Å². The highest BCUT2D eigenvalue weighted by Crippen LogP contribution is 2.16. The van der Waals surface area contributed by atoms with Crippen LogP contribution in [0.15, 0.2) is 24.3 Å². The molecule has 1 aromatic carbocycles. The summed E-state index contributed by atoms with van der Waals surface area (Å²) in [6, 6.07) is 8.04. The summed E-state index contributed by atoms with van der Waals surface area (Å²) in [6.45, 7) is 10.3. The Morgan fingerprint density at radius 2 is 2.00 bits per heavy atom. The fraction of sp³-hybridized carbons (Fsp3) is 0.667. The molecule has 21 heavy (non-hydrogen) atoms. The van der Waals surface area contributed by atoms with Gasteiger partial charge in [0.2, 0.25) is 0 Å². The van der Waals surface area contributed by atoms with Crippen LogP contribution in [-0.4, -0.2) is 36.6 Å². The molecule has 0 bridgehead atoms. The van der Waals surface area contributed by atoms with E-state index in [9.17, 15) is 4.39 Å². The third kappa shape index (κ3) is 4.79. The van der Waals surface area contributed by atoms with E-state index in [-0.39, 0.29) is 5.82 Å². The van der Waals surface area contributed by atoms with E-state index in [2.05, 4.69) is 31.0 Å². The summed E-state index contributed by atoms with van der Waals surface area (Å²) in [5.74, 6) is 0.561. The van der Waals surface area contributed by atoms with Crippen molar-refractivity contribution in [1.29, 1.82) is 0 Å². The summed E-state index contributed by atoms with van der Waals surface area (Å²) in [4.78, 5) is 2.60. The second-order valence-electron chi connectivity index (χ2n) is 6.47. The molecule has 1 aliphatic heterocycles. The minimum Gasteiger partial charge on any atom is -0.312 e. The summed E-state index contributed by atoms with van der Waals surface area (Å²) >= 11 is 0. The smallest absolute Gasteiger partial charge is 0.123 e. The molecule has 0 aliphatic carbocycles. The first-order chi connectivity index (χ1) is 10.1. The summed E-state index contributed by atoms with van der Waals surface area (Å²) in [6.07, 6.45) is 3.42. The number of rotatable bonds is 5. The Morgan fingerprint density at radius 1 is 1.29 bits per heavy atom. The minimum atomic E-state index is -0.151. The fourth-order valence-electron chi connectivity index (χ4n) is 3.13. The van der Waals surface area contributed by atoms with Crippen LogP contribution in [0.2, 0.25) is 0 Å². The van der Waals surface area contributed by atoms with Crippen LogP contribution >= 0.6 is 0 Å². The summed E-state index contributed by atoms with van der Waals surface area (Å²) in [5, 5.41) is 3.70. The zero-order chi connectivity index (χ0) is 15.2. The number of benzene rings is 1. The molecule has 3 unspecified atom stereocenters. The molecule has 0 amide bonds. The number of halogens is 1. The number of nitrogens with zero attached hydrogens (tertiary/aromatic N) is 1. The van der Waals surface area contributed by atoms with Crippen LogP contribution in [0.5, 0.6) is 0 Å². The first kappa shape index (κ1) is 16.4. The van der Waals surface area contributed by atoms with Gasteiger partial charge >= 0.3 is 0 Å². The van der Waals surface area contributed by atoms with Crippen molar-refractivity contribution in [3.63, 3.8) is 0 Å². The fourth-order valence-corrected chi connectivity index (χ4v) is 3.13. The lowest BCUT2D eigenvalue weighted by Gasteiger charge is -2.32. The Balaban J connectivity index is 1.96. The van der Waals surface area contributed by atoms with Gasteiger partial charge in [0.05, 0.1) is 0 Å². The Kier molecular flexibility index (Phi) is 6.19. The molecular weight excluding hydrogens is 263 g/mol. The Hall–Kier alpha value is -0.930. The quantitative estimate of drug-likeness (QED) is 0.894. The lowest BCUT2D eigenvalue weighted by Crippen LogP contribution is -2.45. The van der Waals surface area contributed by atoms with Gasteiger partial charge in [0.1, 0.15) is 5.82 Å². The molecule has 0 spiro atoms. The van der Waals surface area contributed by atoms with Gasteiger partial charge in [0.25, 0.3) is 0 Å². The maximum Gasteiger partial charge on any atom is 0.123 e. The van der Waals surface area contributed by atoms with Gasteiger partial charge in [-0.1, -0.05) is 32.4 Å². The molecule has 0 saturated carbocycles. The van der Waals surface area contributed by atoms with E-state index in [1.54, 1.807) is 12.1 Å². The lowest BCUT2D eigenvalue weighted by atomic mass is 9.98. The molecular formula is C18H29FN2. The van der Waals surface area contributed by atoms with Crippen LogP contribution in [0, 0.1) is 11.7 Å². The zero-order valence-electron chi connectivity index (χ0n) is 13.6. The Bertz CT molecular complexity index is 418. The molecule has 3 atom stereocenters. The molecule has 1 N–H and O–H groups in total. The molecule has 1 aromatic rings. The molecule has 1 heterocycles. The van der Waals surface area contributed by atoms with Crippen molar-refractivity contribution in [3.05, 3.63) is 35.6 Å². The summed E-state index contributed by atoms with van der Waals surface area (Å²) in [7, 11) is 0. The van der Waals surface area contributed by atoms with Gasteiger partial charge in [-0.15, -0.1) is 0 Å². The van der Waals surface area contributed by atoms with Crippen LogP contribution < -0.4 is 5.32 Å². The normalized spacial score (nSPS) is 23.5. The first-order valence-electron chi connectivity index (χ1n) is 8.32. The van der Waals surface area contributed by atoms with Crippen molar-refractivity contribution in [2.24, 2.45) is 5.92 Å². The molecule has 0 radical (unpaired) electrons. The zero-order valence-corrected chi connectivity index (χ0v) is 13.6. The van der Waals surface area contributed by atoms with E-state index in [0.29, 0.717) is 18.0 Å². The monoisotopic (exact) mass is 292 g/mol. The highest BCUT2D eigenvalue weighted by molar-refractivity contribution is 5.17. The molecule has 1 aliphatic rings. The van der Waals surface area contributed by atoms with E-state index >= 15 is 0 Å². The maximum absolute atomic E-state index is 13.0. The third-order valence-corrected chi connectivity index (χ3v) is 4.86. The van der Waals surface area contributed by atoms with Crippen molar-refractivity contribution in [1.82, 2.24) is 10.2 Å². The van der Waals surface area contributed by atoms with Crippen LogP contribution in [0.1, 0.15) is 39.2 Å². The molecule has 1 fully saturated rings. The SMILES string of the molecule is CCC(C)C1CN(C(C)Cc2ccc(F)cc2)CCCN1. The topological polar surface area (TPSA) is 15.3 Å². The predicted octanol–water partition coefficient (Wildman–Crippen LogP) is 3.47. The maximum atomic E-state index is 13.0. The molecule has 118 valence electrons. The highest BCUT2D eigenvalue weighted by Gasteiger charge is 2.24. The minimum absolute atomic E-state index is 0.151. The average Bonchev–Trinajstić information content (AvgIpc) is 2.75. The average molecular weight is 292 g/mol. The third-order valence-electron chi connectivity index (χ3n) is 4.86. The molecule has 3 heteroatoms. The van der Waals surface area contributed by atoms with Gasteiger partial charge in [-0.05, 0) is 56.5 Å². The van der Waals surface area contributed by atoms with Gasteiger partial charge in [-0.25, -0.2) is 4.39 Å². The number of hydrogen-bond donors (Lipinski definition) is 1. The number of hydrogen-bond acceptors (Lipinski definition) is 2. The van der Waals surface area contributed by atoms with Gasteiger partial charge in [0.15, 0.2) is 0 Å². The summed E-state index contributed by atoms with van der Waals surface area (Å²) < 4.78 is 13.0. The first-order valence-corrected chi connectivity index (χ1v) is 8.32. The molecule has 0 aromatic heterocycles. The summed E-state index contributed by atoms with van der Waals surface area (Å²) in [5.41, 5.74) is 1.22. The van der Waals surface area contributed by atoms with Crippen LogP contribution in [-0.2, 0) is 6.42 Å². The van der Waals surface area contributed by atoms with Crippen molar-refractivity contribution in [3.8, 4) is 0 Å². The van der Waals surface area contributed by atoms with Crippen molar-refractivity contribution in [2.75, 3.05) is 19.6 Å². The van der Waals surface area contributed by atoms with E-state index in [1.807, 2.05) is 12.1 Å². The van der Waals surface area contributed by atoms with Crippen LogP contribution in [0.25, 0.3) is 0 Å². The Morgan fingerprint density at radius 3 is 2.67 bits per heavy atom. The van der Waals surface area contributed by atoms with Crippen molar-refractivity contribution >= 4 is 0 Å². The van der Waals surface area contributed by atoms with Crippen LogP contribution in [0.3, 0.4) is 0 Å². The van der Waals surface area contributed by atoms with E-state index in [4.69, 9.17) is 0 Å². The van der Waals surface area contributed by atoms with E-state index in [1.165, 1.54) is 18.4 Å². The van der Waals surface area contributed by atoms with E-state index in [0.717, 1.165) is 26.1 Å². The van der Waals surface area contributed by atoms with Crippen LogP contribution in [0.4, 0.5) is 4.39 Å². The largest absolute Gasteiger partial charge is 0.312 e. The second-order valence-corrected chi connectivity index (χ2v) is 6.47. The molecule has 2 nitrogen and oxygen atoms in total. The highest BCUT2D eigenvalue weighted by atomic mass is 19.1. The lowest BCUT2D eigenvalue weighted by molar-refractivity contribution is 0.186. The van der Waals surface area contributed by atoms with Gasteiger partial charge < -0.3 is 5.32 Å². The number of nitrogens with one attached hydrogen (secondary N) is 1. The predicted molar refractivity (Wildman–Crippen MR) is 87.0 cm³/mol. The van der Waals surface area contributed by atoms with Gasteiger partial charge in [-0.3, -0.25) is 4.90 Å².